The molecule has 0 aliphatic heterocycles. The molecule has 72 valence electrons. The van der Waals surface area contributed by atoms with Gasteiger partial charge in [-0.2, -0.15) is 0 Å². The van der Waals surface area contributed by atoms with Crippen LogP contribution in [0.4, 0.5) is 0 Å². The van der Waals surface area contributed by atoms with Gasteiger partial charge >= 0.3 is 0 Å². The van der Waals surface area contributed by atoms with E-state index in [9.17, 15) is 0 Å². The molecule has 0 amide bonds. The van der Waals surface area contributed by atoms with E-state index in [0.717, 1.165) is 11.3 Å². The number of methoxy groups -OCH3 is 1. The van der Waals surface area contributed by atoms with Crippen molar-refractivity contribution in [3.05, 3.63) is 29.8 Å². The van der Waals surface area contributed by atoms with Crippen LogP contribution in [0.15, 0.2) is 24.3 Å². The van der Waals surface area contributed by atoms with Gasteiger partial charge in [0.2, 0.25) is 0 Å². The smallest absolute Gasteiger partial charge is 0.173 e. The molecule has 2 nitrogen and oxygen atoms in total. The molecular weight excluding hydrogens is 186 g/mol. The molecule has 1 aromatic rings. The van der Waals surface area contributed by atoms with E-state index in [1.54, 1.807) is 7.11 Å². The Balaban J connectivity index is 0.00000144. The number of halogens is 1. The van der Waals surface area contributed by atoms with E-state index in [-0.39, 0.29) is 12.4 Å². The predicted molar refractivity (Wildman–Crippen MR) is 50.3 cm³/mol. The van der Waals surface area contributed by atoms with Gasteiger partial charge in [-0.05, 0) is 12.1 Å². The highest BCUT2D eigenvalue weighted by molar-refractivity contribution is 5.79. The van der Waals surface area contributed by atoms with Gasteiger partial charge in [-0.3, -0.25) is 0 Å². The standard InChI is InChI=1S/C10H14NO.ClH/c1-11(2)8-9-6-4-5-7-10(9)12-3;/h4-8H,1-3H3;1H/q+1;/p-1. The molecule has 0 aromatic heterocycles. The van der Waals surface area contributed by atoms with Crippen LogP contribution in [0.25, 0.3) is 0 Å². The van der Waals surface area contributed by atoms with Gasteiger partial charge in [-0.1, -0.05) is 12.1 Å². The Bertz CT molecular complexity index is 293. The lowest BCUT2D eigenvalue weighted by atomic mass is 10.2. The number of hydrogen-bond donors (Lipinski definition) is 0. The van der Waals surface area contributed by atoms with Crippen LogP contribution in [0.3, 0.4) is 0 Å². The molecule has 0 aliphatic carbocycles. The van der Waals surface area contributed by atoms with E-state index < -0.39 is 0 Å². The zero-order valence-corrected chi connectivity index (χ0v) is 8.88. The van der Waals surface area contributed by atoms with Crippen LogP contribution in [0.2, 0.25) is 0 Å². The molecule has 0 radical (unpaired) electrons. The summed E-state index contributed by atoms with van der Waals surface area (Å²) in [5.74, 6) is 0.909. The molecule has 0 unspecified atom stereocenters. The molecule has 0 aliphatic rings. The zero-order chi connectivity index (χ0) is 8.97. The molecule has 0 spiro atoms. The highest BCUT2D eigenvalue weighted by atomic mass is 35.5. The maximum absolute atomic E-state index is 5.19. The third-order valence-corrected chi connectivity index (χ3v) is 1.54. The largest absolute Gasteiger partial charge is 1.00 e. The third-order valence-electron chi connectivity index (χ3n) is 1.54. The fraction of sp³-hybridized carbons (Fsp3) is 0.300. The molecule has 1 rings (SSSR count). The SMILES string of the molecule is COc1ccccc1C=[N+](C)C.[Cl-]. The molecule has 1 aromatic carbocycles. The average molecular weight is 200 g/mol. The summed E-state index contributed by atoms with van der Waals surface area (Å²) in [6, 6.07) is 7.94. The minimum absolute atomic E-state index is 0. The van der Waals surface area contributed by atoms with Crippen molar-refractivity contribution in [1.82, 2.24) is 0 Å². The van der Waals surface area contributed by atoms with Gasteiger partial charge in [0, 0.05) is 0 Å². The Morgan fingerprint density at radius 1 is 1.23 bits per heavy atom. The van der Waals surface area contributed by atoms with Crippen molar-refractivity contribution in [2.75, 3.05) is 21.2 Å². The van der Waals surface area contributed by atoms with Crippen molar-refractivity contribution < 1.29 is 21.7 Å². The number of hydrogen-bond acceptors (Lipinski definition) is 1. The summed E-state index contributed by atoms with van der Waals surface area (Å²) >= 11 is 0. The molecule has 0 heterocycles. The Morgan fingerprint density at radius 3 is 2.38 bits per heavy atom. The van der Waals surface area contributed by atoms with E-state index in [4.69, 9.17) is 4.74 Å². The van der Waals surface area contributed by atoms with Crippen molar-refractivity contribution >= 4 is 6.21 Å². The number of benzene rings is 1. The van der Waals surface area contributed by atoms with Gasteiger partial charge < -0.3 is 17.1 Å². The Hall–Kier alpha value is -1.02. The van der Waals surface area contributed by atoms with Crippen molar-refractivity contribution in [2.24, 2.45) is 0 Å². The molecule has 0 atom stereocenters. The second-order valence-corrected chi connectivity index (χ2v) is 2.83. The van der Waals surface area contributed by atoms with E-state index in [1.165, 1.54) is 0 Å². The highest BCUT2D eigenvalue weighted by Crippen LogP contribution is 2.14. The van der Waals surface area contributed by atoms with Gasteiger partial charge in [0.05, 0.1) is 12.7 Å². The van der Waals surface area contributed by atoms with Crippen LogP contribution >= 0.6 is 0 Å². The van der Waals surface area contributed by atoms with E-state index in [0.29, 0.717) is 0 Å². The van der Waals surface area contributed by atoms with Gasteiger partial charge in [0.25, 0.3) is 0 Å². The number of nitrogens with zero attached hydrogens (tertiary/aromatic N) is 1. The van der Waals surface area contributed by atoms with Crippen molar-refractivity contribution in [1.29, 1.82) is 0 Å². The Kier molecular flexibility index (Phi) is 5.16. The predicted octanol–water partition coefficient (Wildman–Crippen LogP) is -1.61. The molecule has 0 bridgehead atoms. The summed E-state index contributed by atoms with van der Waals surface area (Å²) in [5.41, 5.74) is 1.10. The lowest BCUT2D eigenvalue weighted by Crippen LogP contribution is -3.00. The first-order valence-corrected chi connectivity index (χ1v) is 3.88. The van der Waals surface area contributed by atoms with Crippen LogP contribution < -0.4 is 17.1 Å². The average Bonchev–Trinajstić information content (AvgIpc) is 2.04. The summed E-state index contributed by atoms with van der Waals surface area (Å²) in [4.78, 5) is 0. The number of para-hydroxylation sites is 1. The minimum atomic E-state index is 0. The first kappa shape index (κ1) is 12.0. The summed E-state index contributed by atoms with van der Waals surface area (Å²) in [6.07, 6.45) is 2.03. The van der Waals surface area contributed by atoms with E-state index >= 15 is 0 Å². The molecule has 13 heavy (non-hydrogen) atoms. The summed E-state index contributed by atoms with van der Waals surface area (Å²) in [5, 5.41) is 0. The van der Waals surface area contributed by atoms with Crippen LogP contribution in [0.5, 0.6) is 5.75 Å². The Labute approximate surface area is 85.3 Å². The summed E-state index contributed by atoms with van der Waals surface area (Å²) in [7, 11) is 5.67. The molecule has 0 fully saturated rings. The van der Waals surface area contributed by atoms with E-state index in [2.05, 4.69) is 0 Å². The molecular formula is C10H14ClNO. The lowest BCUT2D eigenvalue weighted by Gasteiger charge is -2.00. The Morgan fingerprint density at radius 2 is 1.85 bits per heavy atom. The zero-order valence-electron chi connectivity index (χ0n) is 8.12. The summed E-state index contributed by atoms with van der Waals surface area (Å²) < 4.78 is 7.19. The van der Waals surface area contributed by atoms with Crippen LogP contribution in [0, 0.1) is 0 Å². The third kappa shape index (κ3) is 3.47. The molecule has 0 saturated heterocycles. The van der Waals surface area contributed by atoms with Gasteiger partial charge in [-0.15, -0.1) is 0 Å². The molecule has 0 saturated carbocycles. The lowest BCUT2D eigenvalue weighted by molar-refractivity contribution is -0.458. The topological polar surface area (TPSA) is 12.2 Å². The maximum Gasteiger partial charge on any atom is 0.173 e. The van der Waals surface area contributed by atoms with Crippen molar-refractivity contribution in [3.63, 3.8) is 0 Å². The second-order valence-electron chi connectivity index (χ2n) is 2.83. The first-order chi connectivity index (χ1) is 5.74. The van der Waals surface area contributed by atoms with Gasteiger partial charge in [0.15, 0.2) is 6.21 Å². The van der Waals surface area contributed by atoms with Gasteiger partial charge in [0.1, 0.15) is 19.8 Å². The van der Waals surface area contributed by atoms with Crippen LogP contribution in [-0.2, 0) is 0 Å². The first-order valence-electron chi connectivity index (χ1n) is 3.88. The van der Waals surface area contributed by atoms with Crippen LogP contribution in [-0.4, -0.2) is 32.0 Å². The number of ether oxygens (including phenoxy) is 1. The summed E-state index contributed by atoms with van der Waals surface area (Å²) in [6.45, 7) is 0. The van der Waals surface area contributed by atoms with Crippen LogP contribution in [0.1, 0.15) is 5.56 Å². The molecule has 0 N–H and O–H groups in total. The van der Waals surface area contributed by atoms with Gasteiger partial charge in [-0.25, -0.2) is 4.58 Å². The van der Waals surface area contributed by atoms with Crippen molar-refractivity contribution in [3.8, 4) is 5.75 Å². The quantitative estimate of drug-likeness (QED) is 0.413. The fourth-order valence-corrected chi connectivity index (χ4v) is 1.05. The van der Waals surface area contributed by atoms with Crippen molar-refractivity contribution in [2.45, 2.75) is 0 Å². The fourth-order valence-electron chi connectivity index (χ4n) is 1.05. The second kappa shape index (κ2) is 5.60. The minimum Gasteiger partial charge on any atom is -1.00 e. The molecule has 3 heteroatoms. The van der Waals surface area contributed by atoms with E-state index in [1.807, 2.05) is 49.2 Å². The monoisotopic (exact) mass is 199 g/mol. The highest BCUT2D eigenvalue weighted by Gasteiger charge is 2.00. The number of rotatable bonds is 2. The normalized spacial score (nSPS) is 8.54. The maximum atomic E-state index is 5.19.